The van der Waals surface area contributed by atoms with Gasteiger partial charge in [-0.15, -0.1) is 0 Å². The minimum absolute atomic E-state index is 0.0485. The molecule has 5 rings (SSSR count). The number of nitrogens with zero attached hydrogens (tertiary/aromatic N) is 2. The van der Waals surface area contributed by atoms with Gasteiger partial charge < -0.3 is 4.74 Å². The summed E-state index contributed by atoms with van der Waals surface area (Å²) < 4.78 is 5.96. The van der Waals surface area contributed by atoms with Gasteiger partial charge in [0, 0.05) is 44.7 Å². The van der Waals surface area contributed by atoms with Gasteiger partial charge in [0.2, 0.25) is 0 Å². The molecule has 0 N–H and O–H groups in total. The summed E-state index contributed by atoms with van der Waals surface area (Å²) in [5, 5.41) is 0. The van der Waals surface area contributed by atoms with E-state index in [1.807, 2.05) is 0 Å². The van der Waals surface area contributed by atoms with Crippen molar-refractivity contribution in [1.82, 2.24) is 9.80 Å². The Hall–Kier alpha value is -0.870. The molecule has 2 heterocycles. The van der Waals surface area contributed by atoms with Crippen LogP contribution in [0.4, 0.5) is 0 Å². The Morgan fingerprint density at radius 1 is 1.07 bits per heavy atom. The summed E-state index contributed by atoms with van der Waals surface area (Å²) in [5.74, 6) is 1.10. The molecule has 3 aliphatic carbocycles. The first-order valence-corrected chi connectivity index (χ1v) is 12.4. The number of fused-ring (bicyclic) bond motifs is 2. The molecule has 4 heteroatoms. The van der Waals surface area contributed by atoms with Crippen LogP contribution in [0.3, 0.4) is 0 Å². The number of allylic oxidation sites excluding steroid dienone is 1. The highest BCUT2D eigenvalue weighted by molar-refractivity contribution is 5.76. The molecule has 0 aromatic carbocycles. The van der Waals surface area contributed by atoms with Crippen molar-refractivity contribution < 1.29 is 9.53 Å². The fourth-order valence-corrected chi connectivity index (χ4v) is 7.29. The number of esters is 1. The molecule has 4 fully saturated rings. The van der Waals surface area contributed by atoms with E-state index in [4.69, 9.17) is 4.74 Å². The lowest BCUT2D eigenvalue weighted by molar-refractivity contribution is -0.145. The van der Waals surface area contributed by atoms with Gasteiger partial charge in [0.25, 0.3) is 0 Å². The Kier molecular flexibility index (Phi) is 5.53. The van der Waals surface area contributed by atoms with Crippen molar-refractivity contribution >= 4 is 5.97 Å². The molecule has 162 valence electrons. The molecule has 5 aliphatic rings. The molecule has 2 aliphatic heterocycles. The third-order valence-corrected chi connectivity index (χ3v) is 9.03. The number of carbonyl (C=O) groups is 1. The maximum atomic E-state index is 12.8. The van der Waals surface area contributed by atoms with E-state index >= 15 is 0 Å². The number of carbonyl (C=O) groups excluding carboxylic acids is 1. The van der Waals surface area contributed by atoms with Crippen LogP contribution in [0.5, 0.6) is 0 Å². The Morgan fingerprint density at radius 2 is 1.83 bits per heavy atom. The van der Waals surface area contributed by atoms with Gasteiger partial charge in [-0.1, -0.05) is 51.2 Å². The number of piperazine rings is 1. The van der Waals surface area contributed by atoms with Crippen LogP contribution in [0, 0.1) is 23.2 Å². The van der Waals surface area contributed by atoms with Crippen LogP contribution >= 0.6 is 0 Å². The summed E-state index contributed by atoms with van der Waals surface area (Å²) in [4.78, 5) is 18.1. The van der Waals surface area contributed by atoms with Gasteiger partial charge in [0.1, 0.15) is 6.10 Å². The van der Waals surface area contributed by atoms with Crippen LogP contribution < -0.4 is 0 Å². The first kappa shape index (κ1) is 20.1. The molecular formula is C25H40N2O2. The SMILES string of the molecule is CC1CCCC2(C)CC3OC(=O)C(CN4CCN(C5CCCCC5)CC4)C3C=C12. The van der Waals surface area contributed by atoms with Crippen LogP contribution in [0.1, 0.15) is 71.6 Å². The van der Waals surface area contributed by atoms with Gasteiger partial charge in [0.05, 0.1) is 5.92 Å². The maximum Gasteiger partial charge on any atom is 0.311 e. The van der Waals surface area contributed by atoms with Crippen molar-refractivity contribution in [2.24, 2.45) is 23.2 Å². The number of hydrogen-bond donors (Lipinski definition) is 0. The predicted molar refractivity (Wildman–Crippen MR) is 116 cm³/mol. The number of rotatable bonds is 3. The Bertz CT molecular complexity index is 647. The molecule has 0 radical (unpaired) electrons. The van der Waals surface area contributed by atoms with Gasteiger partial charge in [-0.3, -0.25) is 14.6 Å². The van der Waals surface area contributed by atoms with Crippen molar-refractivity contribution in [1.29, 1.82) is 0 Å². The minimum atomic E-state index is 0.0485. The molecular weight excluding hydrogens is 360 g/mol. The van der Waals surface area contributed by atoms with E-state index in [1.165, 1.54) is 64.5 Å². The lowest BCUT2D eigenvalue weighted by atomic mass is 9.59. The number of hydrogen-bond acceptors (Lipinski definition) is 4. The van der Waals surface area contributed by atoms with Gasteiger partial charge >= 0.3 is 5.97 Å². The monoisotopic (exact) mass is 400 g/mol. The molecule has 2 saturated carbocycles. The van der Waals surface area contributed by atoms with Gasteiger partial charge in [-0.25, -0.2) is 0 Å². The molecule has 0 aromatic heterocycles. The normalized spacial score (nSPS) is 42.1. The van der Waals surface area contributed by atoms with Crippen LogP contribution in [-0.4, -0.2) is 60.6 Å². The Balaban J connectivity index is 1.23. The second-order valence-electron chi connectivity index (χ2n) is 11.0. The average molecular weight is 401 g/mol. The van der Waals surface area contributed by atoms with Gasteiger partial charge in [-0.2, -0.15) is 0 Å². The minimum Gasteiger partial charge on any atom is -0.461 e. The highest BCUT2D eigenvalue weighted by atomic mass is 16.6. The molecule has 4 nitrogen and oxygen atoms in total. The van der Waals surface area contributed by atoms with E-state index in [0.717, 1.165) is 32.1 Å². The van der Waals surface area contributed by atoms with Crippen LogP contribution in [0.15, 0.2) is 11.6 Å². The predicted octanol–water partition coefficient (Wildman–Crippen LogP) is 4.25. The molecule has 0 spiro atoms. The van der Waals surface area contributed by atoms with Crippen molar-refractivity contribution in [3.8, 4) is 0 Å². The van der Waals surface area contributed by atoms with Crippen LogP contribution in [-0.2, 0) is 9.53 Å². The lowest BCUT2D eigenvalue weighted by Gasteiger charge is -2.46. The van der Waals surface area contributed by atoms with Crippen LogP contribution in [0.2, 0.25) is 0 Å². The largest absolute Gasteiger partial charge is 0.461 e. The van der Waals surface area contributed by atoms with Crippen molar-refractivity contribution in [3.05, 3.63) is 11.6 Å². The van der Waals surface area contributed by atoms with E-state index in [1.54, 1.807) is 5.57 Å². The van der Waals surface area contributed by atoms with Gasteiger partial charge in [0.15, 0.2) is 0 Å². The van der Waals surface area contributed by atoms with Gasteiger partial charge in [-0.05, 0) is 43.4 Å². The maximum absolute atomic E-state index is 12.8. The summed E-state index contributed by atoms with van der Waals surface area (Å²) in [7, 11) is 0. The zero-order chi connectivity index (χ0) is 20.0. The third-order valence-electron chi connectivity index (χ3n) is 9.03. The third kappa shape index (κ3) is 3.80. The lowest BCUT2D eigenvalue weighted by Crippen LogP contribution is -2.52. The molecule has 0 bridgehead atoms. The summed E-state index contributed by atoms with van der Waals surface area (Å²) in [6.07, 6.45) is 14.6. The van der Waals surface area contributed by atoms with E-state index in [0.29, 0.717) is 11.8 Å². The fraction of sp³-hybridized carbons (Fsp3) is 0.880. The topological polar surface area (TPSA) is 32.8 Å². The van der Waals surface area contributed by atoms with Crippen molar-refractivity contribution in [3.63, 3.8) is 0 Å². The molecule has 2 saturated heterocycles. The first-order chi connectivity index (χ1) is 14.0. The van der Waals surface area contributed by atoms with E-state index in [9.17, 15) is 4.79 Å². The quantitative estimate of drug-likeness (QED) is 0.524. The summed E-state index contributed by atoms with van der Waals surface area (Å²) in [6.45, 7) is 10.3. The highest BCUT2D eigenvalue weighted by Crippen LogP contribution is 2.54. The zero-order valence-electron chi connectivity index (χ0n) is 18.6. The molecule has 29 heavy (non-hydrogen) atoms. The molecule has 5 atom stereocenters. The Labute approximate surface area is 177 Å². The van der Waals surface area contributed by atoms with Crippen molar-refractivity contribution in [2.75, 3.05) is 32.7 Å². The highest BCUT2D eigenvalue weighted by Gasteiger charge is 2.52. The molecule has 0 aromatic rings. The molecule has 0 amide bonds. The standard InChI is InChI=1S/C25H40N2O2/c1-18-7-6-10-25(2)16-23-20(15-22(18)25)21(24(28)29-23)17-26-11-13-27(14-12-26)19-8-4-3-5-9-19/h15,18-21,23H,3-14,16-17H2,1-2H3. The van der Waals surface area contributed by atoms with E-state index in [-0.39, 0.29) is 23.4 Å². The summed E-state index contributed by atoms with van der Waals surface area (Å²) in [5.41, 5.74) is 1.90. The number of ether oxygens (including phenoxy) is 1. The van der Waals surface area contributed by atoms with E-state index in [2.05, 4.69) is 29.7 Å². The summed E-state index contributed by atoms with van der Waals surface area (Å²) in [6, 6.07) is 0.820. The van der Waals surface area contributed by atoms with E-state index < -0.39 is 0 Å². The van der Waals surface area contributed by atoms with Crippen molar-refractivity contribution in [2.45, 2.75) is 83.8 Å². The summed E-state index contributed by atoms with van der Waals surface area (Å²) >= 11 is 0. The zero-order valence-corrected chi connectivity index (χ0v) is 18.6. The van der Waals surface area contributed by atoms with Crippen LogP contribution in [0.25, 0.3) is 0 Å². The average Bonchev–Trinajstić information content (AvgIpc) is 3.01. The smallest absolute Gasteiger partial charge is 0.311 e. The second-order valence-corrected chi connectivity index (χ2v) is 11.0. The fourth-order valence-electron chi connectivity index (χ4n) is 7.29. The second kappa shape index (κ2) is 8.00. The Morgan fingerprint density at radius 3 is 2.59 bits per heavy atom. The molecule has 5 unspecified atom stereocenters. The first-order valence-electron chi connectivity index (χ1n) is 12.4.